The van der Waals surface area contributed by atoms with Crippen LogP contribution >= 0.6 is 0 Å². The summed E-state index contributed by atoms with van der Waals surface area (Å²) >= 11 is 0. The maximum atomic E-state index is 11.7. The summed E-state index contributed by atoms with van der Waals surface area (Å²) in [6.07, 6.45) is 0.664. The number of pyridine rings is 1. The Kier molecular flexibility index (Phi) is 2.66. The molecule has 0 fully saturated rings. The predicted molar refractivity (Wildman–Crippen MR) is 63.6 cm³/mol. The molecule has 2 aromatic rings. The van der Waals surface area contributed by atoms with Crippen LogP contribution in [0.1, 0.15) is 5.56 Å². The summed E-state index contributed by atoms with van der Waals surface area (Å²) < 4.78 is 1.52. The van der Waals surface area contributed by atoms with E-state index in [0.29, 0.717) is 13.0 Å². The molecule has 1 aromatic heterocycles. The first-order valence-corrected chi connectivity index (χ1v) is 5.15. The molecule has 0 radical (unpaired) electrons. The lowest BCUT2D eigenvalue weighted by Gasteiger charge is -2.09. The number of benzene rings is 1. The van der Waals surface area contributed by atoms with Crippen LogP contribution in [0.4, 0.5) is 0 Å². The number of nitrogens with zero attached hydrogens (tertiary/aromatic N) is 1. The van der Waals surface area contributed by atoms with Crippen molar-refractivity contribution < 1.29 is 5.11 Å². The smallest absolute Gasteiger partial charge is 0.251 e. The number of phenolic OH excluding ortho intramolecular Hbond substituents is 1. The fourth-order valence-electron chi connectivity index (χ4n) is 1.87. The third kappa shape index (κ3) is 1.67. The van der Waals surface area contributed by atoms with Crippen LogP contribution in [0.25, 0.3) is 10.9 Å². The molecule has 0 saturated carbocycles. The molecule has 2 rings (SSSR count). The minimum atomic E-state index is -0.0819. The summed E-state index contributed by atoms with van der Waals surface area (Å²) in [5.74, 6) is 0.160. The van der Waals surface area contributed by atoms with E-state index in [1.54, 1.807) is 25.2 Å². The number of aromatic hydroxyl groups is 1. The minimum Gasteiger partial charge on any atom is -0.508 e. The number of rotatable bonds is 2. The van der Waals surface area contributed by atoms with Crippen molar-refractivity contribution in [1.29, 1.82) is 0 Å². The van der Waals surface area contributed by atoms with Gasteiger partial charge in [-0.1, -0.05) is 0 Å². The standard InChI is InChI=1S/C12H14N2O2/c1-14-11-7-9(15)2-3-10(11)8(4-5-13)6-12(14)16/h2-3,6-7,15H,4-5,13H2,1H3. The summed E-state index contributed by atoms with van der Waals surface area (Å²) in [7, 11) is 1.69. The van der Waals surface area contributed by atoms with E-state index in [1.165, 1.54) is 4.57 Å². The number of phenols is 1. The topological polar surface area (TPSA) is 68.2 Å². The normalized spacial score (nSPS) is 10.9. The van der Waals surface area contributed by atoms with Crippen LogP contribution in [0.15, 0.2) is 29.1 Å². The molecule has 4 heteroatoms. The zero-order valence-corrected chi connectivity index (χ0v) is 9.10. The molecule has 0 aliphatic heterocycles. The van der Waals surface area contributed by atoms with Gasteiger partial charge in [0, 0.05) is 24.6 Å². The van der Waals surface area contributed by atoms with Crippen LogP contribution in [-0.4, -0.2) is 16.2 Å². The zero-order chi connectivity index (χ0) is 11.7. The highest BCUT2D eigenvalue weighted by Crippen LogP contribution is 2.21. The van der Waals surface area contributed by atoms with Crippen molar-refractivity contribution in [3.8, 4) is 5.75 Å². The van der Waals surface area contributed by atoms with Crippen LogP contribution in [0.3, 0.4) is 0 Å². The average molecular weight is 218 g/mol. The summed E-state index contributed by atoms with van der Waals surface area (Å²) in [6.45, 7) is 0.503. The van der Waals surface area contributed by atoms with E-state index in [-0.39, 0.29) is 11.3 Å². The fraction of sp³-hybridized carbons (Fsp3) is 0.250. The van der Waals surface area contributed by atoms with Crippen LogP contribution < -0.4 is 11.3 Å². The molecule has 1 heterocycles. The maximum Gasteiger partial charge on any atom is 0.251 e. The summed E-state index contributed by atoms with van der Waals surface area (Å²) in [5, 5.41) is 10.4. The zero-order valence-electron chi connectivity index (χ0n) is 9.10. The molecule has 0 unspecified atom stereocenters. The number of nitrogens with two attached hydrogens (primary N) is 1. The molecule has 0 amide bonds. The average Bonchev–Trinajstić information content (AvgIpc) is 2.26. The second-order valence-corrected chi connectivity index (χ2v) is 3.81. The molecular weight excluding hydrogens is 204 g/mol. The number of hydrogen-bond donors (Lipinski definition) is 2. The van der Waals surface area contributed by atoms with Crippen molar-refractivity contribution in [3.63, 3.8) is 0 Å². The Bertz CT molecular complexity index is 587. The van der Waals surface area contributed by atoms with E-state index in [1.807, 2.05) is 6.07 Å². The monoisotopic (exact) mass is 218 g/mol. The molecule has 16 heavy (non-hydrogen) atoms. The summed E-state index contributed by atoms with van der Waals surface area (Å²) in [4.78, 5) is 11.7. The van der Waals surface area contributed by atoms with Gasteiger partial charge >= 0.3 is 0 Å². The fourth-order valence-corrected chi connectivity index (χ4v) is 1.87. The van der Waals surface area contributed by atoms with Gasteiger partial charge in [-0.15, -0.1) is 0 Å². The lowest BCUT2D eigenvalue weighted by Crippen LogP contribution is -2.18. The number of fused-ring (bicyclic) bond motifs is 1. The molecule has 0 spiro atoms. The van der Waals surface area contributed by atoms with Gasteiger partial charge in [0.1, 0.15) is 5.75 Å². The highest BCUT2D eigenvalue weighted by molar-refractivity contribution is 5.83. The summed E-state index contributed by atoms with van der Waals surface area (Å²) in [6, 6.07) is 6.63. The lowest BCUT2D eigenvalue weighted by molar-refractivity contribution is 0.476. The van der Waals surface area contributed by atoms with Crippen molar-refractivity contribution in [2.75, 3.05) is 6.54 Å². The SMILES string of the molecule is Cn1c(=O)cc(CCN)c2ccc(O)cc21. The molecule has 4 nitrogen and oxygen atoms in total. The number of hydrogen-bond acceptors (Lipinski definition) is 3. The van der Waals surface area contributed by atoms with Crippen LogP contribution in [0.5, 0.6) is 5.75 Å². The maximum absolute atomic E-state index is 11.7. The lowest BCUT2D eigenvalue weighted by atomic mass is 10.1. The molecule has 3 N–H and O–H groups in total. The second-order valence-electron chi connectivity index (χ2n) is 3.81. The van der Waals surface area contributed by atoms with Gasteiger partial charge < -0.3 is 15.4 Å². The molecular formula is C12H14N2O2. The first-order chi connectivity index (χ1) is 7.63. The summed E-state index contributed by atoms with van der Waals surface area (Å²) in [5.41, 5.74) is 7.09. The highest BCUT2D eigenvalue weighted by atomic mass is 16.3. The third-order valence-electron chi connectivity index (χ3n) is 2.73. The van der Waals surface area contributed by atoms with Gasteiger partial charge in [0.25, 0.3) is 5.56 Å². The first-order valence-electron chi connectivity index (χ1n) is 5.15. The Balaban J connectivity index is 2.84. The van der Waals surface area contributed by atoms with Gasteiger partial charge in [-0.05, 0) is 30.7 Å². The quantitative estimate of drug-likeness (QED) is 0.781. The van der Waals surface area contributed by atoms with Crippen molar-refractivity contribution >= 4 is 10.9 Å². The third-order valence-corrected chi connectivity index (χ3v) is 2.73. The highest BCUT2D eigenvalue weighted by Gasteiger charge is 2.06. The van der Waals surface area contributed by atoms with E-state index in [4.69, 9.17) is 5.73 Å². The molecule has 0 saturated heterocycles. The van der Waals surface area contributed by atoms with Crippen LogP contribution in [0, 0.1) is 0 Å². The van der Waals surface area contributed by atoms with E-state index < -0.39 is 0 Å². The van der Waals surface area contributed by atoms with E-state index in [0.717, 1.165) is 16.5 Å². The largest absolute Gasteiger partial charge is 0.508 e. The first kappa shape index (κ1) is 10.7. The van der Waals surface area contributed by atoms with E-state index >= 15 is 0 Å². The van der Waals surface area contributed by atoms with Gasteiger partial charge in [-0.25, -0.2) is 0 Å². The predicted octanol–water partition coefficient (Wildman–Crippen LogP) is 0.745. The minimum absolute atomic E-state index is 0.0819. The Morgan fingerprint density at radius 2 is 2.12 bits per heavy atom. The van der Waals surface area contributed by atoms with Gasteiger partial charge in [0.05, 0.1) is 5.52 Å². The Morgan fingerprint density at radius 1 is 1.38 bits per heavy atom. The molecule has 0 atom stereocenters. The molecule has 0 aliphatic carbocycles. The van der Waals surface area contributed by atoms with Gasteiger partial charge in [-0.2, -0.15) is 0 Å². The second kappa shape index (κ2) is 3.98. The van der Waals surface area contributed by atoms with E-state index in [2.05, 4.69) is 0 Å². The van der Waals surface area contributed by atoms with Crippen LogP contribution in [0.2, 0.25) is 0 Å². The van der Waals surface area contributed by atoms with E-state index in [9.17, 15) is 9.90 Å². The van der Waals surface area contributed by atoms with Gasteiger partial charge in [0.2, 0.25) is 0 Å². The Morgan fingerprint density at radius 3 is 2.81 bits per heavy atom. The van der Waals surface area contributed by atoms with Crippen LogP contribution in [-0.2, 0) is 13.5 Å². The molecule has 0 bridgehead atoms. The van der Waals surface area contributed by atoms with Gasteiger partial charge in [-0.3, -0.25) is 4.79 Å². The molecule has 84 valence electrons. The van der Waals surface area contributed by atoms with Crippen molar-refractivity contribution in [2.24, 2.45) is 12.8 Å². The Hall–Kier alpha value is -1.81. The molecule has 1 aromatic carbocycles. The number of aryl methyl sites for hydroxylation is 1. The van der Waals surface area contributed by atoms with Crippen molar-refractivity contribution in [1.82, 2.24) is 4.57 Å². The molecule has 0 aliphatic rings. The Labute approximate surface area is 92.9 Å². The van der Waals surface area contributed by atoms with Crippen molar-refractivity contribution in [2.45, 2.75) is 6.42 Å². The van der Waals surface area contributed by atoms with Gasteiger partial charge in [0.15, 0.2) is 0 Å². The number of aromatic nitrogens is 1. The van der Waals surface area contributed by atoms with Crippen molar-refractivity contribution in [3.05, 3.63) is 40.2 Å².